The second-order valence-corrected chi connectivity index (χ2v) is 7.94. The van der Waals surface area contributed by atoms with Crippen molar-refractivity contribution in [3.8, 4) is 0 Å². The van der Waals surface area contributed by atoms with Gasteiger partial charge in [0, 0.05) is 44.8 Å². The number of benzene rings is 1. The summed E-state index contributed by atoms with van der Waals surface area (Å²) in [4.78, 5) is 32.2. The molecule has 3 aliphatic heterocycles. The number of fused-ring (bicyclic) bond motifs is 1. The zero-order valence-electron chi connectivity index (χ0n) is 16.2. The van der Waals surface area contributed by atoms with Gasteiger partial charge in [-0.1, -0.05) is 18.2 Å². The molecule has 1 aromatic rings. The van der Waals surface area contributed by atoms with Crippen LogP contribution in [0, 0.1) is 0 Å². The molecule has 27 heavy (non-hydrogen) atoms. The van der Waals surface area contributed by atoms with Crippen molar-refractivity contribution in [2.75, 3.05) is 50.8 Å². The van der Waals surface area contributed by atoms with Gasteiger partial charge in [0.25, 0.3) is 0 Å². The molecule has 1 atom stereocenters. The van der Waals surface area contributed by atoms with Crippen molar-refractivity contribution in [1.29, 1.82) is 0 Å². The Kier molecular flexibility index (Phi) is 5.08. The Hall–Kier alpha value is -2.08. The van der Waals surface area contributed by atoms with Crippen LogP contribution in [0.25, 0.3) is 0 Å². The second kappa shape index (κ2) is 7.50. The molecule has 0 radical (unpaired) electrons. The predicted octanol–water partition coefficient (Wildman–Crippen LogP) is 1.68. The lowest BCUT2D eigenvalue weighted by atomic mass is 9.96. The van der Waals surface area contributed by atoms with Crippen LogP contribution in [0.1, 0.15) is 31.7 Å². The predicted molar refractivity (Wildman–Crippen MR) is 104 cm³/mol. The average Bonchev–Trinajstić information content (AvgIpc) is 3.30. The van der Waals surface area contributed by atoms with E-state index < -0.39 is 5.54 Å². The first-order valence-electron chi connectivity index (χ1n) is 10.1. The zero-order valence-corrected chi connectivity index (χ0v) is 16.2. The maximum Gasteiger partial charge on any atom is 0.248 e. The van der Waals surface area contributed by atoms with Gasteiger partial charge in [-0.3, -0.25) is 9.59 Å². The monoisotopic (exact) mass is 371 g/mol. The average molecular weight is 371 g/mol. The third-order valence-electron chi connectivity index (χ3n) is 6.28. The molecule has 6 nitrogen and oxygen atoms in total. The number of rotatable bonds is 4. The van der Waals surface area contributed by atoms with Crippen molar-refractivity contribution in [2.45, 2.75) is 38.1 Å². The molecule has 0 spiro atoms. The smallest absolute Gasteiger partial charge is 0.248 e. The van der Waals surface area contributed by atoms with E-state index in [1.165, 1.54) is 11.3 Å². The third kappa shape index (κ3) is 3.43. The number of carbonyl (C=O) groups is 2. The topological polar surface area (TPSA) is 53.1 Å². The van der Waals surface area contributed by atoms with Gasteiger partial charge in [-0.2, -0.15) is 0 Å². The fourth-order valence-corrected chi connectivity index (χ4v) is 4.70. The molecule has 0 saturated carbocycles. The molecule has 1 unspecified atom stereocenters. The van der Waals surface area contributed by atoms with Gasteiger partial charge in [0.2, 0.25) is 11.8 Å². The first-order chi connectivity index (χ1) is 13.1. The molecular formula is C21H29N3O3. The van der Waals surface area contributed by atoms with Crippen molar-refractivity contribution in [3.05, 3.63) is 29.8 Å². The quantitative estimate of drug-likeness (QED) is 0.808. The van der Waals surface area contributed by atoms with E-state index in [0.717, 1.165) is 25.8 Å². The minimum Gasteiger partial charge on any atom is -0.378 e. The van der Waals surface area contributed by atoms with Crippen LogP contribution < -0.4 is 4.90 Å². The van der Waals surface area contributed by atoms with Crippen molar-refractivity contribution in [1.82, 2.24) is 9.80 Å². The Labute approximate surface area is 161 Å². The summed E-state index contributed by atoms with van der Waals surface area (Å²) in [5.74, 6) is 0.184. The number of para-hydroxylation sites is 1. The van der Waals surface area contributed by atoms with Gasteiger partial charge in [-0.15, -0.1) is 0 Å². The van der Waals surface area contributed by atoms with Crippen molar-refractivity contribution in [2.24, 2.45) is 0 Å². The van der Waals surface area contributed by atoms with E-state index in [4.69, 9.17) is 4.74 Å². The number of amides is 2. The van der Waals surface area contributed by atoms with E-state index in [1.54, 1.807) is 0 Å². The van der Waals surface area contributed by atoms with E-state index in [2.05, 4.69) is 29.2 Å². The highest BCUT2D eigenvalue weighted by Crippen LogP contribution is 2.33. The summed E-state index contributed by atoms with van der Waals surface area (Å²) in [5.41, 5.74) is 1.91. The summed E-state index contributed by atoms with van der Waals surface area (Å²) >= 11 is 0. The molecule has 3 aliphatic rings. The molecule has 0 bridgehead atoms. The van der Waals surface area contributed by atoms with Gasteiger partial charge in [0.15, 0.2) is 0 Å². The van der Waals surface area contributed by atoms with Crippen LogP contribution in [0.2, 0.25) is 0 Å². The van der Waals surface area contributed by atoms with Gasteiger partial charge in [0.1, 0.15) is 5.54 Å². The second-order valence-electron chi connectivity index (χ2n) is 7.94. The Morgan fingerprint density at radius 2 is 1.89 bits per heavy atom. The lowest BCUT2D eigenvalue weighted by Gasteiger charge is -2.39. The highest BCUT2D eigenvalue weighted by molar-refractivity contribution is 5.92. The Morgan fingerprint density at radius 3 is 2.70 bits per heavy atom. The number of nitrogens with zero attached hydrogens (tertiary/aromatic N) is 3. The molecule has 2 saturated heterocycles. The van der Waals surface area contributed by atoms with Crippen LogP contribution in [0.5, 0.6) is 0 Å². The Bertz CT molecular complexity index is 716. The molecule has 146 valence electrons. The summed E-state index contributed by atoms with van der Waals surface area (Å²) in [6.45, 7) is 6.74. The van der Waals surface area contributed by atoms with Crippen LogP contribution in [0.4, 0.5) is 5.69 Å². The fraction of sp³-hybridized carbons (Fsp3) is 0.619. The summed E-state index contributed by atoms with van der Waals surface area (Å²) in [6, 6.07) is 8.42. The Morgan fingerprint density at radius 1 is 1.11 bits per heavy atom. The normalized spacial score (nSPS) is 25.0. The van der Waals surface area contributed by atoms with Gasteiger partial charge >= 0.3 is 0 Å². The lowest BCUT2D eigenvalue weighted by Crippen LogP contribution is -2.58. The molecule has 0 aromatic heterocycles. The number of ether oxygens (including phenoxy) is 1. The highest BCUT2D eigenvalue weighted by Gasteiger charge is 2.47. The van der Waals surface area contributed by atoms with Crippen LogP contribution in [-0.2, 0) is 20.7 Å². The van der Waals surface area contributed by atoms with E-state index in [9.17, 15) is 9.59 Å². The molecule has 0 N–H and O–H groups in total. The maximum absolute atomic E-state index is 13.1. The van der Waals surface area contributed by atoms with Crippen LogP contribution in [0.15, 0.2) is 24.3 Å². The largest absolute Gasteiger partial charge is 0.378 e. The molecule has 6 heteroatoms. The van der Waals surface area contributed by atoms with E-state index in [1.807, 2.05) is 16.7 Å². The first-order valence-corrected chi connectivity index (χ1v) is 10.1. The number of carbonyl (C=O) groups excluding carboxylic acids is 2. The SMILES string of the molecule is CC1(C(=O)N2CCOCC2)CCCN1C(=O)CCN1CCc2ccccc21. The van der Waals surface area contributed by atoms with Crippen LogP contribution in [-0.4, -0.2) is 73.1 Å². The fourth-order valence-electron chi connectivity index (χ4n) is 4.70. The minimum atomic E-state index is -0.697. The molecule has 2 fully saturated rings. The van der Waals surface area contributed by atoms with Crippen molar-refractivity contribution in [3.63, 3.8) is 0 Å². The van der Waals surface area contributed by atoms with Crippen LogP contribution in [0.3, 0.4) is 0 Å². The number of hydrogen-bond donors (Lipinski definition) is 0. The third-order valence-corrected chi connectivity index (χ3v) is 6.28. The van der Waals surface area contributed by atoms with Gasteiger partial charge in [0.05, 0.1) is 13.2 Å². The highest BCUT2D eigenvalue weighted by atomic mass is 16.5. The Balaban J connectivity index is 1.40. The van der Waals surface area contributed by atoms with Gasteiger partial charge < -0.3 is 19.4 Å². The standard InChI is InChI=1S/C21H29N3O3/c1-21(20(26)23-13-15-27-16-14-23)9-4-10-24(21)19(25)8-12-22-11-7-17-5-2-3-6-18(17)22/h2-3,5-6H,4,7-16H2,1H3. The number of hydrogen-bond acceptors (Lipinski definition) is 4. The number of anilines is 1. The minimum absolute atomic E-state index is 0.0863. The van der Waals surface area contributed by atoms with Crippen LogP contribution >= 0.6 is 0 Å². The molecule has 1 aromatic carbocycles. The van der Waals surface area contributed by atoms with E-state index >= 15 is 0 Å². The van der Waals surface area contributed by atoms with Crippen molar-refractivity contribution < 1.29 is 14.3 Å². The molecule has 4 rings (SSSR count). The zero-order chi connectivity index (χ0) is 18.9. The molecular weight excluding hydrogens is 342 g/mol. The summed E-state index contributed by atoms with van der Waals surface area (Å²) in [5, 5.41) is 0. The van der Waals surface area contributed by atoms with E-state index in [0.29, 0.717) is 45.8 Å². The van der Waals surface area contributed by atoms with Gasteiger partial charge in [-0.05, 0) is 37.8 Å². The van der Waals surface area contributed by atoms with Gasteiger partial charge in [-0.25, -0.2) is 0 Å². The lowest BCUT2D eigenvalue weighted by molar-refractivity contribution is -0.153. The van der Waals surface area contributed by atoms with Crippen molar-refractivity contribution >= 4 is 17.5 Å². The number of morpholine rings is 1. The summed E-state index contributed by atoms with van der Waals surface area (Å²) < 4.78 is 5.36. The maximum atomic E-state index is 13.1. The number of likely N-dealkylation sites (tertiary alicyclic amines) is 1. The molecule has 0 aliphatic carbocycles. The molecule has 3 heterocycles. The first kappa shape index (κ1) is 18.3. The summed E-state index contributed by atoms with van der Waals surface area (Å²) in [7, 11) is 0. The summed E-state index contributed by atoms with van der Waals surface area (Å²) in [6.07, 6.45) is 3.15. The van der Waals surface area contributed by atoms with E-state index in [-0.39, 0.29) is 11.8 Å². The molecule has 2 amide bonds.